The summed E-state index contributed by atoms with van der Waals surface area (Å²) in [5.41, 5.74) is 5.44. The van der Waals surface area contributed by atoms with Gasteiger partial charge < -0.3 is 24.8 Å². The first kappa shape index (κ1) is 29.3. The molecule has 0 radical (unpaired) electrons. The molecule has 0 unspecified atom stereocenters. The van der Waals surface area contributed by atoms with E-state index in [1.807, 2.05) is 59.5 Å². The molecule has 220 valence electrons. The zero-order valence-corrected chi connectivity index (χ0v) is 23.8. The Labute approximate surface area is 246 Å². The molecule has 42 heavy (non-hydrogen) atoms. The van der Waals surface area contributed by atoms with Gasteiger partial charge >= 0.3 is 12.1 Å². The molecule has 1 saturated heterocycles. The van der Waals surface area contributed by atoms with E-state index in [-0.39, 0.29) is 31.6 Å². The monoisotopic (exact) mass is 571 g/mol. The number of nitrogens with one attached hydrogen (secondary N) is 1. The van der Waals surface area contributed by atoms with Crippen molar-refractivity contribution in [2.24, 2.45) is 0 Å². The fraction of sp³-hybridized carbons (Fsp3) is 0.364. The number of ether oxygens (including phenoxy) is 2. The number of nitrogens with zero attached hydrogens (tertiary/aromatic N) is 2. The summed E-state index contributed by atoms with van der Waals surface area (Å²) in [6.07, 6.45) is -0.695. The summed E-state index contributed by atoms with van der Waals surface area (Å²) in [6.45, 7) is 3.96. The third kappa shape index (κ3) is 6.98. The molecule has 0 bridgehead atoms. The van der Waals surface area contributed by atoms with Crippen LogP contribution in [0.2, 0.25) is 0 Å². The fourth-order valence-electron chi connectivity index (χ4n) is 5.78. The number of carboxylic acids is 1. The molecule has 3 aromatic carbocycles. The van der Waals surface area contributed by atoms with Crippen molar-refractivity contribution in [1.29, 1.82) is 0 Å². The van der Waals surface area contributed by atoms with Gasteiger partial charge in [0.05, 0.1) is 19.3 Å². The van der Waals surface area contributed by atoms with Crippen molar-refractivity contribution in [3.05, 3.63) is 95.6 Å². The Morgan fingerprint density at radius 1 is 0.881 bits per heavy atom. The molecule has 3 aromatic rings. The maximum Gasteiger partial charge on any atom is 0.407 e. The summed E-state index contributed by atoms with van der Waals surface area (Å²) < 4.78 is 11.8. The minimum atomic E-state index is -0.976. The first-order chi connectivity index (χ1) is 20.4. The normalized spacial score (nSPS) is 16.5. The number of amides is 2. The van der Waals surface area contributed by atoms with Crippen molar-refractivity contribution in [3.63, 3.8) is 0 Å². The van der Waals surface area contributed by atoms with Crippen LogP contribution < -0.4 is 5.32 Å². The number of fused-ring (bicyclic) bond motifs is 3. The standard InChI is InChI=1S/C33H37N3O6/c1-23(41-21-24-10-3-2-4-11-24)31(32(39)36-17-9-16-35(18-19-36)20-30(37)38)34-33(40)42-22-29-27-14-7-5-12-25(27)26-13-6-8-15-28(26)29/h2-8,10-15,23,29,31H,9,16-22H2,1H3,(H,34,40)(H,37,38)/t23-,31+/m0/s1. The highest BCUT2D eigenvalue weighted by Gasteiger charge is 2.34. The van der Waals surface area contributed by atoms with Gasteiger partial charge in [0, 0.05) is 32.1 Å². The average molecular weight is 572 g/mol. The smallest absolute Gasteiger partial charge is 0.407 e. The van der Waals surface area contributed by atoms with Gasteiger partial charge in [-0.1, -0.05) is 78.9 Å². The van der Waals surface area contributed by atoms with Crippen LogP contribution in [0, 0.1) is 0 Å². The van der Waals surface area contributed by atoms with Crippen molar-refractivity contribution in [3.8, 4) is 11.1 Å². The Hall–Kier alpha value is -4.21. The maximum absolute atomic E-state index is 13.8. The Balaban J connectivity index is 1.27. The quantitative estimate of drug-likeness (QED) is 0.377. The van der Waals surface area contributed by atoms with Gasteiger partial charge in [-0.2, -0.15) is 0 Å². The minimum absolute atomic E-state index is 0.0694. The molecular weight excluding hydrogens is 534 g/mol. The SMILES string of the molecule is C[C@H](OCc1ccccc1)[C@@H](NC(=O)OCC1c2ccccc2-c2ccccc21)C(=O)N1CCCN(CC(=O)O)CC1. The minimum Gasteiger partial charge on any atom is -0.480 e. The molecule has 2 atom stereocenters. The van der Waals surface area contributed by atoms with Crippen molar-refractivity contribution in [2.75, 3.05) is 39.3 Å². The number of carbonyl (C=O) groups is 3. The second kappa shape index (κ2) is 13.6. The maximum atomic E-state index is 13.8. The molecule has 2 amide bonds. The Bertz CT molecular complexity index is 1350. The number of alkyl carbamates (subject to hydrolysis) is 1. The van der Waals surface area contributed by atoms with E-state index in [2.05, 4.69) is 29.6 Å². The van der Waals surface area contributed by atoms with E-state index in [0.717, 1.165) is 27.8 Å². The van der Waals surface area contributed by atoms with Crippen molar-refractivity contribution in [2.45, 2.75) is 38.0 Å². The van der Waals surface area contributed by atoms with E-state index in [0.29, 0.717) is 32.6 Å². The lowest BCUT2D eigenvalue weighted by atomic mass is 9.98. The van der Waals surface area contributed by atoms with E-state index in [4.69, 9.17) is 9.47 Å². The lowest BCUT2D eigenvalue weighted by Crippen LogP contribution is -2.55. The van der Waals surface area contributed by atoms with Crippen molar-refractivity contribution >= 4 is 18.0 Å². The fourth-order valence-corrected chi connectivity index (χ4v) is 5.78. The topological polar surface area (TPSA) is 108 Å². The highest BCUT2D eigenvalue weighted by atomic mass is 16.5. The summed E-state index contributed by atoms with van der Waals surface area (Å²) >= 11 is 0. The van der Waals surface area contributed by atoms with Crippen LogP contribution in [0.4, 0.5) is 4.79 Å². The molecule has 2 N–H and O–H groups in total. The summed E-state index contributed by atoms with van der Waals surface area (Å²) in [5, 5.41) is 12.0. The van der Waals surface area contributed by atoms with Gasteiger partial charge in [0.1, 0.15) is 12.6 Å². The highest BCUT2D eigenvalue weighted by molar-refractivity contribution is 5.86. The van der Waals surface area contributed by atoms with Crippen LogP contribution >= 0.6 is 0 Å². The highest BCUT2D eigenvalue weighted by Crippen LogP contribution is 2.44. The molecule has 1 aliphatic carbocycles. The van der Waals surface area contributed by atoms with Crippen LogP contribution in [-0.2, 0) is 25.7 Å². The third-order valence-electron chi connectivity index (χ3n) is 7.97. The number of hydrogen-bond donors (Lipinski definition) is 2. The summed E-state index contributed by atoms with van der Waals surface area (Å²) in [6, 6.07) is 24.9. The predicted octanol–water partition coefficient (Wildman–Crippen LogP) is 4.12. The van der Waals surface area contributed by atoms with E-state index < -0.39 is 24.2 Å². The number of carboxylic acid groups (broad SMARTS) is 1. The second-order valence-corrected chi connectivity index (χ2v) is 10.8. The molecule has 9 nitrogen and oxygen atoms in total. The largest absolute Gasteiger partial charge is 0.480 e. The molecule has 5 rings (SSSR count). The molecule has 1 fully saturated rings. The van der Waals surface area contributed by atoms with Crippen LogP contribution in [0.5, 0.6) is 0 Å². The van der Waals surface area contributed by atoms with Gasteiger partial charge in [-0.3, -0.25) is 14.5 Å². The average Bonchev–Trinajstić information content (AvgIpc) is 3.13. The zero-order chi connectivity index (χ0) is 29.5. The Kier molecular flexibility index (Phi) is 9.51. The molecule has 1 heterocycles. The summed E-state index contributed by atoms with van der Waals surface area (Å²) in [7, 11) is 0. The van der Waals surface area contributed by atoms with E-state index in [1.165, 1.54) is 0 Å². The number of aliphatic carboxylic acids is 1. The van der Waals surface area contributed by atoms with Gasteiger partial charge in [0.2, 0.25) is 5.91 Å². The van der Waals surface area contributed by atoms with Gasteiger partial charge in [-0.15, -0.1) is 0 Å². The second-order valence-electron chi connectivity index (χ2n) is 10.8. The van der Waals surface area contributed by atoms with E-state index in [1.54, 1.807) is 11.8 Å². The van der Waals surface area contributed by atoms with Crippen LogP contribution in [-0.4, -0.2) is 84.4 Å². The molecule has 0 aromatic heterocycles. The summed E-state index contributed by atoms with van der Waals surface area (Å²) in [5.74, 6) is -1.27. The van der Waals surface area contributed by atoms with E-state index >= 15 is 0 Å². The van der Waals surface area contributed by atoms with Gasteiger partial charge in [0.15, 0.2) is 0 Å². The molecule has 9 heteroatoms. The number of rotatable bonds is 10. The number of benzene rings is 3. The third-order valence-corrected chi connectivity index (χ3v) is 7.97. The van der Waals surface area contributed by atoms with Crippen molar-refractivity contribution in [1.82, 2.24) is 15.1 Å². The van der Waals surface area contributed by atoms with Gasteiger partial charge in [-0.25, -0.2) is 4.79 Å². The van der Waals surface area contributed by atoms with Crippen LogP contribution in [0.1, 0.15) is 36.0 Å². The molecular formula is C33H37N3O6. The van der Waals surface area contributed by atoms with Crippen molar-refractivity contribution < 1.29 is 29.0 Å². The Morgan fingerprint density at radius 3 is 2.19 bits per heavy atom. The van der Waals surface area contributed by atoms with Gasteiger partial charge in [0.25, 0.3) is 0 Å². The zero-order valence-electron chi connectivity index (χ0n) is 23.8. The first-order valence-corrected chi connectivity index (χ1v) is 14.4. The Morgan fingerprint density at radius 2 is 1.52 bits per heavy atom. The van der Waals surface area contributed by atoms with E-state index in [9.17, 15) is 19.5 Å². The lowest BCUT2D eigenvalue weighted by Gasteiger charge is -2.30. The predicted molar refractivity (Wildman–Crippen MR) is 158 cm³/mol. The lowest BCUT2D eigenvalue weighted by molar-refractivity contribution is -0.138. The molecule has 0 saturated carbocycles. The van der Waals surface area contributed by atoms with Crippen LogP contribution in [0.15, 0.2) is 78.9 Å². The van der Waals surface area contributed by atoms with Crippen LogP contribution in [0.25, 0.3) is 11.1 Å². The van der Waals surface area contributed by atoms with Gasteiger partial charge in [-0.05, 0) is 41.2 Å². The first-order valence-electron chi connectivity index (χ1n) is 14.4. The summed E-state index contributed by atoms with van der Waals surface area (Å²) in [4.78, 5) is 41.7. The van der Waals surface area contributed by atoms with Crippen LogP contribution in [0.3, 0.4) is 0 Å². The number of hydrogen-bond acceptors (Lipinski definition) is 6. The number of carbonyl (C=O) groups excluding carboxylic acids is 2. The molecule has 2 aliphatic rings. The molecule has 1 aliphatic heterocycles. The molecule has 0 spiro atoms.